The van der Waals surface area contributed by atoms with Gasteiger partial charge in [-0.3, -0.25) is 4.79 Å². The number of thiophene rings is 1. The average Bonchev–Trinajstić information content (AvgIpc) is 3.44. The van der Waals surface area contributed by atoms with Crippen molar-refractivity contribution < 1.29 is 13.7 Å². The maximum Gasteiger partial charge on any atom is 0.253 e. The van der Waals surface area contributed by atoms with Crippen LogP contribution >= 0.6 is 11.3 Å². The number of oxazole rings is 1. The number of nitrogens with zero attached hydrogens (tertiary/aromatic N) is 3. The van der Waals surface area contributed by atoms with Crippen LogP contribution < -0.4 is 0 Å². The first kappa shape index (κ1) is 17.5. The van der Waals surface area contributed by atoms with Gasteiger partial charge in [-0.05, 0) is 43.0 Å². The first-order valence-electron chi connectivity index (χ1n) is 8.89. The molecule has 4 rings (SSSR count). The van der Waals surface area contributed by atoms with Gasteiger partial charge in [-0.25, -0.2) is 4.98 Å². The number of aromatic nitrogens is 2. The minimum absolute atomic E-state index is 0.00725. The second-order valence-corrected chi connectivity index (χ2v) is 7.09. The first-order valence-corrected chi connectivity index (χ1v) is 9.77. The zero-order chi connectivity index (χ0) is 18.8. The Hall–Kier alpha value is -2.93. The van der Waals surface area contributed by atoms with Gasteiger partial charge in [-0.15, -0.1) is 11.3 Å². The van der Waals surface area contributed by atoms with Crippen LogP contribution in [0, 0.1) is 0 Å². The summed E-state index contributed by atoms with van der Waals surface area (Å²) in [5, 5.41) is 6.86. The van der Waals surface area contributed by atoms with Crippen molar-refractivity contribution in [3.8, 4) is 22.2 Å². The molecule has 0 radical (unpaired) electrons. The molecule has 1 amide bonds. The highest BCUT2D eigenvalue weighted by Crippen LogP contribution is 2.31. The predicted molar refractivity (Wildman–Crippen MR) is 105 cm³/mol. The summed E-state index contributed by atoms with van der Waals surface area (Å²) in [5.74, 6) is 0.552. The molecule has 138 valence electrons. The lowest BCUT2D eigenvalue weighted by Crippen LogP contribution is -2.31. The van der Waals surface area contributed by atoms with Crippen LogP contribution in [0.3, 0.4) is 0 Å². The summed E-state index contributed by atoms with van der Waals surface area (Å²) in [6.07, 6.45) is 2.49. The van der Waals surface area contributed by atoms with Crippen molar-refractivity contribution in [2.75, 3.05) is 13.1 Å². The van der Waals surface area contributed by atoms with Gasteiger partial charge >= 0.3 is 0 Å². The summed E-state index contributed by atoms with van der Waals surface area (Å²) in [6, 6.07) is 9.27. The predicted octanol–water partition coefficient (Wildman–Crippen LogP) is 5.08. The molecule has 0 fully saturated rings. The highest BCUT2D eigenvalue weighted by atomic mass is 32.1. The summed E-state index contributed by atoms with van der Waals surface area (Å²) in [4.78, 5) is 20.1. The normalized spacial score (nSPS) is 11.2. The van der Waals surface area contributed by atoms with Gasteiger partial charge in [0.05, 0.1) is 10.3 Å². The van der Waals surface area contributed by atoms with Gasteiger partial charge in [0.1, 0.15) is 17.7 Å². The molecule has 4 aromatic rings. The largest absolute Gasteiger partial charge is 0.443 e. The average molecular weight is 381 g/mol. The molecule has 0 bridgehead atoms. The van der Waals surface area contributed by atoms with E-state index >= 15 is 0 Å². The monoisotopic (exact) mass is 381 g/mol. The van der Waals surface area contributed by atoms with Crippen LogP contribution in [-0.4, -0.2) is 34.0 Å². The van der Waals surface area contributed by atoms with E-state index in [2.05, 4.69) is 17.1 Å². The molecule has 6 nitrogen and oxygen atoms in total. The number of benzene rings is 1. The second-order valence-electron chi connectivity index (χ2n) is 6.14. The van der Waals surface area contributed by atoms with Gasteiger partial charge in [-0.1, -0.05) is 18.1 Å². The molecular weight excluding hydrogens is 362 g/mol. The standard InChI is InChI=1S/C20H19N3O3S/c1-3-9-23(4-2)20(24)13-7-8-16-14(11-13)18(22-26-16)15-12-25-19(21-15)17-6-5-10-27-17/h5-8,10-12H,3-4,9H2,1-2H3. The molecule has 0 N–H and O–H groups in total. The van der Waals surface area contributed by atoms with Crippen LogP contribution in [0.25, 0.3) is 33.1 Å². The van der Waals surface area contributed by atoms with E-state index in [0.717, 1.165) is 23.2 Å². The Balaban J connectivity index is 1.71. The molecule has 0 spiro atoms. The third-order valence-corrected chi connectivity index (χ3v) is 5.22. The van der Waals surface area contributed by atoms with Gasteiger partial charge in [0, 0.05) is 18.7 Å². The zero-order valence-corrected chi connectivity index (χ0v) is 16.0. The Morgan fingerprint density at radius 1 is 1.26 bits per heavy atom. The van der Waals surface area contributed by atoms with Crippen molar-refractivity contribution in [1.29, 1.82) is 0 Å². The lowest BCUT2D eigenvalue weighted by atomic mass is 10.1. The van der Waals surface area contributed by atoms with Gasteiger partial charge in [0.2, 0.25) is 5.89 Å². The molecule has 0 unspecified atom stereocenters. The Bertz CT molecular complexity index is 1070. The summed E-state index contributed by atoms with van der Waals surface area (Å²) < 4.78 is 11.0. The summed E-state index contributed by atoms with van der Waals surface area (Å²) >= 11 is 1.56. The Kier molecular flexibility index (Phi) is 4.77. The van der Waals surface area contributed by atoms with Crippen LogP contribution in [0.5, 0.6) is 0 Å². The second kappa shape index (κ2) is 7.36. The van der Waals surface area contributed by atoms with Gasteiger partial charge in [0.15, 0.2) is 5.58 Å². The quantitative estimate of drug-likeness (QED) is 0.465. The molecule has 1 aromatic carbocycles. The molecule has 0 aliphatic heterocycles. The minimum Gasteiger partial charge on any atom is -0.443 e. The number of fused-ring (bicyclic) bond motifs is 1. The molecular formula is C20H19N3O3S. The molecule has 3 aromatic heterocycles. The van der Waals surface area contributed by atoms with Crippen LogP contribution in [0.2, 0.25) is 0 Å². The smallest absolute Gasteiger partial charge is 0.253 e. The van der Waals surface area contributed by atoms with E-state index in [1.165, 1.54) is 0 Å². The number of amides is 1. The van der Waals surface area contributed by atoms with E-state index in [4.69, 9.17) is 8.94 Å². The Labute approximate surface area is 160 Å². The number of hydrogen-bond donors (Lipinski definition) is 0. The SMILES string of the molecule is CCCN(CC)C(=O)c1ccc2onc(-c3coc(-c4cccs4)n3)c2c1. The topological polar surface area (TPSA) is 72.4 Å². The maximum atomic E-state index is 12.8. The minimum atomic E-state index is 0.00725. The number of hydrogen-bond acceptors (Lipinski definition) is 6. The maximum absolute atomic E-state index is 12.8. The van der Waals surface area contributed by atoms with E-state index < -0.39 is 0 Å². The van der Waals surface area contributed by atoms with E-state index in [-0.39, 0.29) is 5.91 Å². The van der Waals surface area contributed by atoms with Crippen molar-refractivity contribution in [2.45, 2.75) is 20.3 Å². The third-order valence-electron chi connectivity index (χ3n) is 4.36. The Morgan fingerprint density at radius 3 is 2.89 bits per heavy atom. The molecule has 0 aliphatic carbocycles. The number of rotatable bonds is 6. The fourth-order valence-corrected chi connectivity index (χ4v) is 3.66. The third kappa shape index (κ3) is 3.26. The molecule has 0 saturated carbocycles. The van der Waals surface area contributed by atoms with Crippen molar-refractivity contribution >= 4 is 28.2 Å². The van der Waals surface area contributed by atoms with Crippen LogP contribution in [-0.2, 0) is 0 Å². The Morgan fingerprint density at radius 2 is 2.15 bits per heavy atom. The molecule has 0 atom stereocenters. The van der Waals surface area contributed by atoms with Gasteiger partial charge in [0.25, 0.3) is 5.91 Å². The molecule has 27 heavy (non-hydrogen) atoms. The molecule has 3 heterocycles. The van der Waals surface area contributed by atoms with Crippen LogP contribution in [0.15, 0.2) is 50.9 Å². The van der Waals surface area contributed by atoms with E-state index in [1.807, 2.05) is 35.4 Å². The van der Waals surface area contributed by atoms with Crippen LogP contribution in [0.4, 0.5) is 0 Å². The van der Waals surface area contributed by atoms with Crippen molar-refractivity contribution in [2.24, 2.45) is 0 Å². The zero-order valence-electron chi connectivity index (χ0n) is 15.1. The molecule has 0 saturated heterocycles. The van der Waals surface area contributed by atoms with Crippen molar-refractivity contribution in [3.63, 3.8) is 0 Å². The number of carbonyl (C=O) groups is 1. The lowest BCUT2D eigenvalue weighted by Gasteiger charge is -2.20. The summed E-state index contributed by atoms with van der Waals surface area (Å²) in [7, 11) is 0. The first-order chi connectivity index (χ1) is 13.2. The van der Waals surface area contributed by atoms with Gasteiger partial charge < -0.3 is 13.8 Å². The fourth-order valence-electron chi connectivity index (χ4n) is 3.01. The highest BCUT2D eigenvalue weighted by molar-refractivity contribution is 7.13. The van der Waals surface area contributed by atoms with E-state index in [9.17, 15) is 4.79 Å². The van der Waals surface area contributed by atoms with Crippen molar-refractivity contribution in [1.82, 2.24) is 15.0 Å². The fraction of sp³-hybridized carbons (Fsp3) is 0.250. The van der Waals surface area contributed by atoms with Gasteiger partial charge in [-0.2, -0.15) is 0 Å². The summed E-state index contributed by atoms with van der Waals surface area (Å²) in [6.45, 7) is 5.46. The molecule has 0 aliphatic rings. The van der Waals surface area contributed by atoms with Crippen molar-refractivity contribution in [3.05, 3.63) is 47.5 Å². The number of carbonyl (C=O) groups excluding carboxylic acids is 1. The molecule has 7 heteroatoms. The van der Waals surface area contributed by atoms with Crippen LogP contribution in [0.1, 0.15) is 30.6 Å². The summed E-state index contributed by atoms with van der Waals surface area (Å²) in [5.41, 5.74) is 2.39. The van der Waals surface area contributed by atoms with E-state index in [0.29, 0.717) is 35.0 Å². The van der Waals surface area contributed by atoms with E-state index in [1.54, 1.807) is 29.7 Å². The highest BCUT2D eigenvalue weighted by Gasteiger charge is 2.19. The lowest BCUT2D eigenvalue weighted by molar-refractivity contribution is 0.0764.